The topological polar surface area (TPSA) is 265 Å². The molecule has 0 radical (unpaired) electrons. The fourth-order valence-electron chi connectivity index (χ4n) is 4.40. The van der Waals surface area contributed by atoms with Crippen molar-refractivity contribution in [2.45, 2.75) is 0 Å². The first-order chi connectivity index (χ1) is 22.8. The molecule has 2 aromatic heterocycles. The number of carboxylic acid groups (broad SMARTS) is 1. The summed E-state index contributed by atoms with van der Waals surface area (Å²) in [7, 11) is 2.86. The molecule has 0 atom stereocenters. The molecule has 2 heterocycles. The van der Waals surface area contributed by atoms with E-state index in [0.29, 0.717) is 0 Å². The van der Waals surface area contributed by atoms with Gasteiger partial charge >= 0.3 is 5.97 Å². The number of pyridine rings is 2. The average molecular weight is 672 g/mol. The number of rotatable bonds is 16. The van der Waals surface area contributed by atoms with E-state index in [4.69, 9.17) is 0 Å². The van der Waals surface area contributed by atoms with Crippen molar-refractivity contribution in [3.05, 3.63) is 79.6 Å². The van der Waals surface area contributed by atoms with Crippen molar-refractivity contribution >= 4 is 23.7 Å². The highest BCUT2D eigenvalue weighted by Gasteiger charge is 2.24. The van der Waals surface area contributed by atoms with Gasteiger partial charge in [-0.2, -0.15) is 0 Å². The molecule has 18 heteroatoms. The van der Waals surface area contributed by atoms with Crippen molar-refractivity contribution in [2.75, 3.05) is 52.4 Å². The highest BCUT2D eigenvalue weighted by Crippen LogP contribution is 2.33. The number of carbonyl (C=O) groups excluding carboxylic acids is 3. The van der Waals surface area contributed by atoms with Crippen LogP contribution in [0.15, 0.2) is 46.2 Å². The largest absolute Gasteiger partial charge is 0.504 e. The van der Waals surface area contributed by atoms with Crippen LogP contribution in [-0.2, 0) is 14.1 Å². The fourth-order valence-corrected chi connectivity index (χ4v) is 4.40. The van der Waals surface area contributed by atoms with Crippen molar-refractivity contribution in [3.63, 3.8) is 0 Å². The molecule has 0 spiro atoms. The van der Waals surface area contributed by atoms with Gasteiger partial charge in [-0.15, -0.1) is 0 Å². The third kappa shape index (κ3) is 8.89. The Morgan fingerprint density at radius 2 is 1.02 bits per heavy atom. The summed E-state index contributed by atoms with van der Waals surface area (Å²) >= 11 is 0. The van der Waals surface area contributed by atoms with E-state index in [1.165, 1.54) is 43.5 Å². The first-order valence-electron chi connectivity index (χ1n) is 14.6. The van der Waals surface area contributed by atoms with Crippen LogP contribution in [0, 0.1) is 0 Å². The zero-order valence-electron chi connectivity index (χ0n) is 26.1. The number of aromatic nitrogens is 2. The lowest BCUT2D eigenvalue weighted by atomic mass is 10.1. The van der Waals surface area contributed by atoms with Crippen molar-refractivity contribution in [2.24, 2.45) is 14.1 Å². The molecule has 0 unspecified atom stereocenters. The third-order valence-electron chi connectivity index (χ3n) is 7.17. The van der Waals surface area contributed by atoms with E-state index < -0.39 is 63.4 Å². The Labute approximate surface area is 272 Å². The number of hydrogen-bond donors (Lipinski definition) is 9. The monoisotopic (exact) mass is 671 g/mol. The molecular weight excluding hydrogens is 634 g/mol. The summed E-state index contributed by atoms with van der Waals surface area (Å²) in [6.45, 7) is 1.24. The molecule has 258 valence electrons. The van der Waals surface area contributed by atoms with Gasteiger partial charge in [0.05, 0.1) is 16.7 Å². The maximum Gasteiger partial charge on any atom is 0.339 e. The Morgan fingerprint density at radius 3 is 1.46 bits per heavy atom. The van der Waals surface area contributed by atoms with Gasteiger partial charge in [0.1, 0.15) is 5.56 Å². The van der Waals surface area contributed by atoms with Crippen LogP contribution >= 0.6 is 0 Å². The summed E-state index contributed by atoms with van der Waals surface area (Å²) in [5.41, 5.74) is -2.72. The Kier molecular flexibility index (Phi) is 12.7. The van der Waals surface area contributed by atoms with Crippen molar-refractivity contribution < 1.29 is 44.7 Å². The van der Waals surface area contributed by atoms with E-state index >= 15 is 0 Å². The van der Waals surface area contributed by atoms with E-state index in [1.807, 2.05) is 0 Å². The van der Waals surface area contributed by atoms with Gasteiger partial charge in [-0.3, -0.25) is 24.0 Å². The molecule has 3 aromatic rings. The molecule has 3 amide bonds. The standard InChI is InChI=1S/C30H37N7O11/c1-35-13-5-17(23(40)28(35)45)25(42)33-9-7-31-11-15-37(27(44)19-3-4-20(30(47)48)22(39)21(19)38)16-12-32-8-10-34-26(43)18-6-14-36(2)29(46)24(18)41/h3-6,13-14,31-32,38-41H,7-12,15-16H2,1-2H3,(H,33,42)(H,34,43)(H,47,48). The highest BCUT2D eigenvalue weighted by molar-refractivity contribution is 6.01. The number of nitrogens with zero attached hydrogens (tertiary/aromatic N) is 3. The Hall–Kier alpha value is -5.88. The lowest BCUT2D eigenvalue weighted by molar-refractivity contribution is 0.0688. The van der Waals surface area contributed by atoms with Crippen LogP contribution in [0.1, 0.15) is 41.4 Å². The number of benzene rings is 1. The Balaban J connectivity index is 1.55. The molecule has 0 aliphatic heterocycles. The second kappa shape index (κ2) is 16.6. The minimum absolute atomic E-state index is 0.0733. The van der Waals surface area contributed by atoms with Gasteiger partial charge in [0.15, 0.2) is 23.0 Å². The number of aromatic carboxylic acids is 1. The van der Waals surface area contributed by atoms with Crippen LogP contribution in [-0.4, -0.2) is 116 Å². The van der Waals surface area contributed by atoms with E-state index in [1.54, 1.807) is 0 Å². The van der Waals surface area contributed by atoms with Crippen LogP contribution in [0.2, 0.25) is 0 Å². The lowest BCUT2D eigenvalue weighted by Crippen LogP contribution is -2.43. The maximum atomic E-state index is 13.3. The molecule has 1 aromatic carbocycles. The molecule has 0 aliphatic carbocycles. The summed E-state index contributed by atoms with van der Waals surface area (Å²) in [6.07, 6.45) is 2.69. The van der Waals surface area contributed by atoms with Crippen LogP contribution in [0.25, 0.3) is 0 Å². The predicted octanol–water partition coefficient (Wildman–Crippen LogP) is -1.91. The average Bonchev–Trinajstić information content (AvgIpc) is 3.05. The normalized spacial score (nSPS) is 10.8. The minimum Gasteiger partial charge on any atom is -0.504 e. The van der Waals surface area contributed by atoms with Gasteiger partial charge in [0.25, 0.3) is 28.8 Å². The van der Waals surface area contributed by atoms with Crippen molar-refractivity contribution in [1.29, 1.82) is 0 Å². The summed E-state index contributed by atoms with van der Waals surface area (Å²) in [5, 5.41) is 60.7. The zero-order valence-corrected chi connectivity index (χ0v) is 26.1. The van der Waals surface area contributed by atoms with E-state index in [0.717, 1.165) is 21.3 Å². The smallest absolute Gasteiger partial charge is 0.339 e. The second-order valence-corrected chi connectivity index (χ2v) is 10.5. The van der Waals surface area contributed by atoms with Crippen LogP contribution in [0.3, 0.4) is 0 Å². The lowest BCUT2D eigenvalue weighted by Gasteiger charge is -2.24. The summed E-state index contributed by atoms with van der Waals surface area (Å²) in [5.74, 6) is -6.73. The van der Waals surface area contributed by atoms with Crippen LogP contribution < -0.4 is 32.4 Å². The highest BCUT2D eigenvalue weighted by atomic mass is 16.4. The molecule has 3 rings (SSSR count). The molecular formula is C30H37N7O11. The molecule has 0 aliphatic rings. The van der Waals surface area contributed by atoms with Gasteiger partial charge in [-0.25, -0.2) is 4.79 Å². The number of carboxylic acids is 1. The molecule has 9 N–H and O–H groups in total. The quantitative estimate of drug-likeness (QED) is 0.0595. The van der Waals surface area contributed by atoms with E-state index in [-0.39, 0.29) is 69.0 Å². The summed E-state index contributed by atoms with van der Waals surface area (Å²) < 4.78 is 2.25. The van der Waals surface area contributed by atoms with Gasteiger partial charge in [0.2, 0.25) is 0 Å². The number of amides is 3. The third-order valence-corrected chi connectivity index (χ3v) is 7.17. The Bertz CT molecular complexity index is 1710. The molecule has 18 nitrogen and oxygen atoms in total. The maximum absolute atomic E-state index is 13.3. The fraction of sp³-hybridized carbons (Fsp3) is 0.333. The van der Waals surface area contributed by atoms with Gasteiger partial charge in [0, 0.05) is 78.8 Å². The number of aromatic hydroxyl groups is 4. The minimum atomic E-state index is -1.50. The molecule has 0 fully saturated rings. The summed E-state index contributed by atoms with van der Waals surface area (Å²) in [6, 6.07) is 4.68. The number of hydrogen-bond acceptors (Lipinski definition) is 12. The van der Waals surface area contributed by atoms with Crippen molar-refractivity contribution in [1.82, 2.24) is 35.3 Å². The van der Waals surface area contributed by atoms with Crippen LogP contribution in [0.5, 0.6) is 23.0 Å². The SMILES string of the molecule is Cn1ccc(C(=O)NCCNCCN(CCNCCNC(=O)c2ccn(C)c(=O)c2O)C(=O)c2ccc(C(=O)O)c(O)c2O)c(O)c1=O. The number of aryl methyl sites for hydroxylation is 2. The van der Waals surface area contributed by atoms with Gasteiger partial charge in [-0.05, 0) is 24.3 Å². The predicted molar refractivity (Wildman–Crippen MR) is 170 cm³/mol. The van der Waals surface area contributed by atoms with E-state index in [9.17, 15) is 54.3 Å². The number of phenols is 2. The number of phenolic OH excluding ortho intramolecular Hbond substituents is 1. The molecule has 0 saturated heterocycles. The Morgan fingerprint density at radius 1 is 0.604 bits per heavy atom. The first kappa shape index (κ1) is 36.6. The van der Waals surface area contributed by atoms with Gasteiger partial charge < -0.3 is 60.8 Å². The molecule has 0 saturated carbocycles. The van der Waals surface area contributed by atoms with Gasteiger partial charge in [-0.1, -0.05) is 0 Å². The number of carbonyl (C=O) groups is 4. The molecule has 48 heavy (non-hydrogen) atoms. The second-order valence-electron chi connectivity index (χ2n) is 10.5. The summed E-state index contributed by atoms with van der Waals surface area (Å²) in [4.78, 5) is 74.3. The van der Waals surface area contributed by atoms with Crippen molar-refractivity contribution in [3.8, 4) is 23.0 Å². The number of nitrogens with one attached hydrogen (secondary N) is 4. The van der Waals surface area contributed by atoms with Crippen LogP contribution in [0.4, 0.5) is 0 Å². The zero-order chi connectivity index (χ0) is 35.5. The molecule has 0 bridgehead atoms. The first-order valence-corrected chi connectivity index (χ1v) is 14.6. The van der Waals surface area contributed by atoms with E-state index in [2.05, 4.69) is 21.3 Å².